The molecule has 0 saturated heterocycles. The third kappa shape index (κ3) is 2.25. The number of nitrogens with two attached hydrogens (primary N) is 1. The molecular formula is C9H11N3O. The summed E-state index contributed by atoms with van der Waals surface area (Å²) in [4.78, 5) is 3.88. The fraction of sp³-hybridized carbons (Fsp3) is 0.333. The molecule has 1 heterocycles. The summed E-state index contributed by atoms with van der Waals surface area (Å²) in [7, 11) is 0. The summed E-state index contributed by atoms with van der Waals surface area (Å²) in [6.45, 7) is 0.0148. The Balaban J connectivity index is 2.93. The molecule has 13 heavy (non-hydrogen) atoms. The van der Waals surface area contributed by atoms with Gasteiger partial charge in [0, 0.05) is 24.4 Å². The maximum atomic E-state index is 8.70. The Kier molecular flexibility index (Phi) is 3.38. The molecule has 1 rings (SSSR count). The van der Waals surface area contributed by atoms with Crippen molar-refractivity contribution in [2.45, 2.75) is 12.5 Å². The molecule has 0 aliphatic carbocycles. The minimum absolute atomic E-state index is 0.0148. The van der Waals surface area contributed by atoms with Gasteiger partial charge in [-0.25, -0.2) is 4.98 Å². The molecule has 68 valence electrons. The van der Waals surface area contributed by atoms with Crippen LogP contribution < -0.4 is 5.73 Å². The van der Waals surface area contributed by atoms with Gasteiger partial charge in [0.25, 0.3) is 0 Å². The first kappa shape index (κ1) is 9.65. The highest BCUT2D eigenvalue weighted by Gasteiger charge is 2.10. The van der Waals surface area contributed by atoms with E-state index in [4.69, 9.17) is 16.1 Å². The third-order valence-electron chi connectivity index (χ3n) is 1.78. The van der Waals surface area contributed by atoms with Crippen LogP contribution in [-0.4, -0.2) is 16.7 Å². The van der Waals surface area contributed by atoms with E-state index in [2.05, 4.69) is 4.98 Å². The minimum atomic E-state index is -0.312. The number of rotatable bonds is 3. The number of hydrogen-bond acceptors (Lipinski definition) is 4. The van der Waals surface area contributed by atoms with Crippen LogP contribution in [0.25, 0.3) is 0 Å². The number of aliphatic hydroxyl groups is 1. The van der Waals surface area contributed by atoms with Gasteiger partial charge in [-0.15, -0.1) is 0 Å². The lowest BCUT2D eigenvalue weighted by Crippen LogP contribution is -2.13. The summed E-state index contributed by atoms with van der Waals surface area (Å²) in [6.07, 6.45) is 1.99. The van der Waals surface area contributed by atoms with E-state index in [1.807, 2.05) is 6.07 Å². The van der Waals surface area contributed by atoms with Crippen LogP contribution in [0.15, 0.2) is 18.3 Å². The maximum absolute atomic E-state index is 8.70. The van der Waals surface area contributed by atoms with Crippen molar-refractivity contribution in [3.8, 4) is 6.07 Å². The van der Waals surface area contributed by atoms with E-state index >= 15 is 0 Å². The average Bonchev–Trinajstić information content (AvgIpc) is 2.18. The molecule has 1 aromatic heterocycles. The second-order valence-corrected chi connectivity index (χ2v) is 2.67. The zero-order chi connectivity index (χ0) is 9.68. The predicted octanol–water partition coefficient (Wildman–Crippen LogP) is 0.335. The van der Waals surface area contributed by atoms with Gasteiger partial charge in [0.1, 0.15) is 11.8 Å². The predicted molar refractivity (Wildman–Crippen MR) is 47.6 cm³/mol. The Morgan fingerprint density at radius 3 is 3.08 bits per heavy atom. The van der Waals surface area contributed by atoms with Gasteiger partial charge in [-0.05, 0) is 12.5 Å². The first-order valence-corrected chi connectivity index (χ1v) is 4.01. The zero-order valence-electron chi connectivity index (χ0n) is 7.14. The smallest absolute Gasteiger partial charge is 0.145 e. The molecule has 4 nitrogen and oxygen atoms in total. The quantitative estimate of drug-likeness (QED) is 0.697. The molecule has 0 amide bonds. The first-order valence-electron chi connectivity index (χ1n) is 4.01. The zero-order valence-corrected chi connectivity index (χ0v) is 7.14. The van der Waals surface area contributed by atoms with E-state index in [1.165, 1.54) is 0 Å². The first-order chi connectivity index (χ1) is 6.29. The van der Waals surface area contributed by atoms with E-state index in [9.17, 15) is 0 Å². The summed E-state index contributed by atoms with van der Waals surface area (Å²) >= 11 is 0. The Morgan fingerprint density at radius 1 is 1.69 bits per heavy atom. The van der Waals surface area contributed by atoms with Crippen molar-refractivity contribution >= 4 is 0 Å². The third-order valence-corrected chi connectivity index (χ3v) is 1.78. The van der Waals surface area contributed by atoms with Crippen LogP contribution in [0, 0.1) is 11.3 Å². The summed E-state index contributed by atoms with van der Waals surface area (Å²) in [6, 6.07) is 5.14. The van der Waals surface area contributed by atoms with Crippen LogP contribution in [0.3, 0.4) is 0 Å². The van der Waals surface area contributed by atoms with Crippen LogP contribution in [-0.2, 0) is 0 Å². The van der Waals surface area contributed by atoms with E-state index in [0.29, 0.717) is 17.7 Å². The van der Waals surface area contributed by atoms with E-state index in [-0.39, 0.29) is 12.6 Å². The number of pyridine rings is 1. The Bertz CT molecular complexity index is 319. The molecule has 0 spiro atoms. The largest absolute Gasteiger partial charge is 0.396 e. The van der Waals surface area contributed by atoms with Crippen molar-refractivity contribution in [3.05, 3.63) is 29.6 Å². The Morgan fingerprint density at radius 2 is 2.46 bits per heavy atom. The summed E-state index contributed by atoms with van der Waals surface area (Å²) in [5.74, 6) is 0. The van der Waals surface area contributed by atoms with E-state index < -0.39 is 0 Å². The van der Waals surface area contributed by atoms with Crippen molar-refractivity contribution in [2.75, 3.05) is 6.61 Å². The Labute approximate surface area is 76.6 Å². The molecule has 0 aromatic carbocycles. The highest BCUT2D eigenvalue weighted by atomic mass is 16.3. The molecular weight excluding hydrogens is 166 g/mol. The Hall–Kier alpha value is -1.44. The van der Waals surface area contributed by atoms with Crippen molar-refractivity contribution < 1.29 is 5.11 Å². The van der Waals surface area contributed by atoms with Gasteiger partial charge < -0.3 is 10.8 Å². The number of nitriles is 1. The second kappa shape index (κ2) is 4.55. The lowest BCUT2D eigenvalue weighted by molar-refractivity contribution is 0.276. The summed E-state index contributed by atoms with van der Waals surface area (Å²) in [5.41, 5.74) is 6.76. The molecule has 0 radical (unpaired) electrons. The summed E-state index contributed by atoms with van der Waals surface area (Å²) in [5, 5.41) is 17.4. The lowest BCUT2D eigenvalue weighted by atomic mass is 10.0. The van der Waals surface area contributed by atoms with E-state index in [1.54, 1.807) is 18.3 Å². The lowest BCUT2D eigenvalue weighted by Gasteiger charge is -2.10. The SMILES string of the molecule is N#Cc1ncccc1[C@H](N)CCO. The molecule has 0 fully saturated rings. The van der Waals surface area contributed by atoms with Crippen LogP contribution in [0.4, 0.5) is 0 Å². The van der Waals surface area contributed by atoms with Crippen LogP contribution in [0.5, 0.6) is 0 Å². The van der Waals surface area contributed by atoms with Gasteiger partial charge in [0.05, 0.1) is 0 Å². The van der Waals surface area contributed by atoms with Crippen molar-refractivity contribution in [1.82, 2.24) is 4.98 Å². The number of aliphatic hydroxyl groups excluding tert-OH is 1. The van der Waals surface area contributed by atoms with Crippen molar-refractivity contribution in [1.29, 1.82) is 5.26 Å². The highest BCUT2D eigenvalue weighted by molar-refractivity contribution is 5.32. The molecule has 3 N–H and O–H groups in total. The van der Waals surface area contributed by atoms with Crippen molar-refractivity contribution in [2.24, 2.45) is 5.73 Å². The van der Waals surface area contributed by atoms with Gasteiger partial charge in [0.15, 0.2) is 0 Å². The minimum Gasteiger partial charge on any atom is -0.396 e. The molecule has 0 unspecified atom stereocenters. The standard InChI is InChI=1S/C9H11N3O/c10-6-9-7(2-1-4-12-9)8(11)3-5-13/h1-2,4,8,13H,3,5,11H2/t8-/m1/s1. The fourth-order valence-electron chi connectivity index (χ4n) is 1.10. The fourth-order valence-corrected chi connectivity index (χ4v) is 1.10. The maximum Gasteiger partial charge on any atom is 0.145 e. The van der Waals surface area contributed by atoms with Gasteiger partial charge in [0.2, 0.25) is 0 Å². The molecule has 0 bridgehead atoms. The van der Waals surface area contributed by atoms with Crippen LogP contribution in [0.2, 0.25) is 0 Å². The monoisotopic (exact) mass is 177 g/mol. The number of aromatic nitrogens is 1. The van der Waals surface area contributed by atoms with Crippen LogP contribution in [0.1, 0.15) is 23.7 Å². The van der Waals surface area contributed by atoms with Gasteiger partial charge in [-0.3, -0.25) is 0 Å². The molecule has 0 saturated carbocycles. The van der Waals surface area contributed by atoms with Crippen LogP contribution >= 0.6 is 0 Å². The highest BCUT2D eigenvalue weighted by Crippen LogP contribution is 2.15. The number of hydrogen-bond donors (Lipinski definition) is 2. The van der Waals surface area contributed by atoms with Gasteiger partial charge in [-0.2, -0.15) is 5.26 Å². The second-order valence-electron chi connectivity index (χ2n) is 2.67. The number of nitrogens with zero attached hydrogens (tertiary/aromatic N) is 2. The molecule has 0 aliphatic rings. The molecule has 4 heteroatoms. The topological polar surface area (TPSA) is 82.9 Å². The summed E-state index contributed by atoms with van der Waals surface area (Å²) < 4.78 is 0. The molecule has 1 aromatic rings. The average molecular weight is 177 g/mol. The molecule has 0 aliphatic heterocycles. The normalized spacial score (nSPS) is 12.1. The van der Waals surface area contributed by atoms with Gasteiger partial charge >= 0.3 is 0 Å². The van der Waals surface area contributed by atoms with Crippen molar-refractivity contribution in [3.63, 3.8) is 0 Å². The molecule has 1 atom stereocenters. The van der Waals surface area contributed by atoms with Gasteiger partial charge in [-0.1, -0.05) is 6.07 Å². The van der Waals surface area contributed by atoms with E-state index in [0.717, 1.165) is 0 Å².